The summed E-state index contributed by atoms with van der Waals surface area (Å²) < 4.78 is 5.30. The zero-order chi connectivity index (χ0) is 17.8. The van der Waals surface area contributed by atoms with E-state index >= 15 is 0 Å². The maximum absolute atomic E-state index is 12.4. The molecule has 9 heteroatoms. The number of aromatic amines is 1. The zero-order valence-corrected chi connectivity index (χ0v) is 14.3. The molecule has 1 aromatic heterocycles. The highest BCUT2D eigenvalue weighted by atomic mass is 16.5. The number of morpholine rings is 1. The highest BCUT2D eigenvalue weighted by Crippen LogP contribution is 2.12. The molecule has 0 saturated carbocycles. The molecule has 0 aromatic carbocycles. The smallest absolute Gasteiger partial charge is 0.255 e. The molecule has 2 N–H and O–H groups in total. The summed E-state index contributed by atoms with van der Waals surface area (Å²) in [5.74, 6) is 0.282. The molecule has 3 heterocycles. The first kappa shape index (κ1) is 17.4. The number of anilines is 1. The molecule has 2 amide bonds. The van der Waals surface area contributed by atoms with Gasteiger partial charge in [-0.3, -0.25) is 19.4 Å². The Morgan fingerprint density at radius 2 is 2.00 bits per heavy atom. The highest BCUT2D eigenvalue weighted by molar-refractivity contribution is 5.86. The fraction of sp³-hybridized carbons (Fsp3) is 0.625. The predicted molar refractivity (Wildman–Crippen MR) is 90.5 cm³/mol. The topological polar surface area (TPSA) is 108 Å². The lowest BCUT2D eigenvalue weighted by atomic mass is 10.1. The average molecular weight is 349 g/mol. The molecule has 0 spiro atoms. The van der Waals surface area contributed by atoms with Gasteiger partial charge in [0.1, 0.15) is 0 Å². The van der Waals surface area contributed by atoms with Gasteiger partial charge in [0, 0.05) is 43.9 Å². The van der Waals surface area contributed by atoms with E-state index in [1.54, 1.807) is 6.92 Å². The number of nitrogens with zero attached hydrogens (tertiary/aromatic N) is 3. The Kier molecular flexibility index (Phi) is 5.32. The Morgan fingerprint density at radius 3 is 2.68 bits per heavy atom. The summed E-state index contributed by atoms with van der Waals surface area (Å²) in [5.41, 5.74) is 0.944. The number of piperazine rings is 1. The summed E-state index contributed by atoms with van der Waals surface area (Å²) in [6.45, 7) is 5.46. The van der Waals surface area contributed by atoms with E-state index in [0.29, 0.717) is 63.0 Å². The van der Waals surface area contributed by atoms with Crippen LogP contribution in [-0.2, 0) is 20.7 Å². The van der Waals surface area contributed by atoms with E-state index in [1.165, 1.54) is 4.90 Å². The molecule has 9 nitrogen and oxygen atoms in total. The van der Waals surface area contributed by atoms with E-state index in [1.807, 2.05) is 4.90 Å². The van der Waals surface area contributed by atoms with E-state index in [-0.39, 0.29) is 30.3 Å². The standard InChI is InChI=1S/C16H23N5O4/c1-11-12(2-3-14(23)21-5-4-17-13(22)10-21)15(24)19-16(18-11)20-6-8-25-9-7-20/h2-10H2,1H3,(H,17,22)(H,18,19,24). The molecule has 0 unspecified atom stereocenters. The van der Waals surface area contributed by atoms with Gasteiger partial charge in [-0.25, -0.2) is 4.98 Å². The van der Waals surface area contributed by atoms with Crippen molar-refractivity contribution in [1.82, 2.24) is 20.2 Å². The van der Waals surface area contributed by atoms with E-state index in [9.17, 15) is 14.4 Å². The van der Waals surface area contributed by atoms with Crippen LogP contribution in [0.15, 0.2) is 4.79 Å². The molecular weight excluding hydrogens is 326 g/mol. The number of H-pyrrole nitrogens is 1. The number of carbonyl (C=O) groups excluding carboxylic acids is 2. The fourth-order valence-electron chi connectivity index (χ4n) is 3.06. The summed E-state index contributed by atoms with van der Waals surface area (Å²) in [6.07, 6.45) is 0.504. The molecule has 1 aromatic rings. The van der Waals surface area contributed by atoms with Crippen LogP contribution < -0.4 is 15.8 Å². The molecule has 2 saturated heterocycles. The van der Waals surface area contributed by atoms with Crippen LogP contribution in [0.5, 0.6) is 0 Å². The van der Waals surface area contributed by atoms with Crippen LogP contribution in [0, 0.1) is 6.92 Å². The number of ether oxygens (including phenoxy) is 1. The number of aryl methyl sites for hydroxylation is 1. The van der Waals surface area contributed by atoms with Crippen molar-refractivity contribution in [3.05, 3.63) is 21.6 Å². The van der Waals surface area contributed by atoms with Gasteiger partial charge in [-0.1, -0.05) is 0 Å². The van der Waals surface area contributed by atoms with Crippen molar-refractivity contribution >= 4 is 17.8 Å². The molecular formula is C16H23N5O4. The van der Waals surface area contributed by atoms with Crippen molar-refractivity contribution in [2.45, 2.75) is 19.8 Å². The van der Waals surface area contributed by atoms with Crippen molar-refractivity contribution in [3.8, 4) is 0 Å². The molecule has 0 radical (unpaired) electrons. The monoisotopic (exact) mass is 349 g/mol. The van der Waals surface area contributed by atoms with Crippen molar-refractivity contribution in [2.24, 2.45) is 0 Å². The van der Waals surface area contributed by atoms with Gasteiger partial charge in [0.05, 0.1) is 19.8 Å². The maximum Gasteiger partial charge on any atom is 0.255 e. The first-order valence-electron chi connectivity index (χ1n) is 8.51. The summed E-state index contributed by atoms with van der Waals surface area (Å²) in [4.78, 5) is 46.8. The maximum atomic E-state index is 12.4. The van der Waals surface area contributed by atoms with Crippen LogP contribution >= 0.6 is 0 Å². The van der Waals surface area contributed by atoms with Crippen LogP contribution in [0.4, 0.5) is 5.95 Å². The number of hydrogen-bond donors (Lipinski definition) is 2. The fourth-order valence-corrected chi connectivity index (χ4v) is 3.06. The van der Waals surface area contributed by atoms with E-state index in [0.717, 1.165) is 0 Å². The van der Waals surface area contributed by atoms with E-state index < -0.39 is 0 Å². The molecule has 136 valence electrons. The first-order valence-corrected chi connectivity index (χ1v) is 8.51. The Morgan fingerprint density at radius 1 is 1.24 bits per heavy atom. The number of amides is 2. The van der Waals surface area contributed by atoms with Gasteiger partial charge in [-0.15, -0.1) is 0 Å². The average Bonchev–Trinajstić information content (AvgIpc) is 2.61. The molecule has 2 fully saturated rings. The predicted octanol–water partition coefficient (Wildman–Crippen LogP) is -1.19. The molecule has 2 aliphatic rings. The third kappa shape index (κ3) is 4.16. The molecule has 0 bridgehead atoms. The number of aromatic nitrogens is 2. The van der Waals surface area contributed by atoms with Gasteiger partial charge in [0.15, 0.2) is 0 Å². The third-order valence-electron chi connectivity index (χ3n) is 4.50. The normalized spacial score (nSPS) is 18.2. The first-order chi connectivity index (χ1) is 12.0. The summed E-state index contributed by atoms with van der Waals surface area (Å²) >= 11 is 0. The third-order valence-corrected chi connectivity index (χ3v) is 4.50. The Labute approximate surface area is 145 Å². The van der Waals surface area contributed by atoms with Crippen LogP contribution in [-0.4, -0.2) is 72.6 Å². The van der Waals surface area contributed by atoms with E-state index in [2.05, 4.69) is 15.3 Å². The van der Waals surface area contributed by atoms with Crippen LogP contribution in [0.1, 0.15) is 17.7 Å². The minimum absolute atomic E-state index is 0.0857. The molecule has 25 heavy (non-hydrogen) atoms. The van der Waals surface area contributed by atoms with Crippen molar-refractivity contribution in [2.75, 3.05) is 50.8 Å². The van der Waals surface area contributed by atoms with Gasteiger partial charge < -0.3 is 19.9 Å². The van der Waals surface area contributed by atoms with Crippen LogP contribution in [0.3, 0.4) is 0 Å². The van der Waals surface area contributed by atoms with Crippen molar-refractivity contribution in [1.29, 1.82) is 0 Å². The number of hydrogen-bond acceptors (Lipinski definition) is 6. The summed E-state index contributed by atoms with van der Waals surface area (Å²) in [5, 5.41) is 2.68. The highest BCUT2D eigenvalue weighted by Gasteiger charge is 2.22. The van der Waals surface area contributed by atoms with Gasteiger partial charge in [-0.2, -0.15) is 0 Å². The molecule has 2 aliphatic heterocycles. The van der Waals surface area contributed by atoms with Crippen molar-refractivity contribution < 1.29 is 14.3 Å². The zero-order valence-electron chi connectivity index (χ0n) is 14.3. The Hall–Kier alpha value is -2.42. The van der Waals surface area contributed by atoms with Gasteiger partial charge in [0.25, 0.3) is 5.56 Å². The molecule has 0 atom stereocenters. The lowest BCUT2D eigenvalue weighted by Gasteiger charge is -2.28. The summed E-state index contributed by atoms with van der Waals surface area (Å²) in [6, 6.07) is 0. The number of rotatable bonds is 4. The number of carbonyl (C=O) groups is 2. The Balaban J connectivity index is 1.65. The minimum Gasteiger partial charge on any atom is -0.378 e. The molecule has 3 rings (SSSR count). The lowest BCUT2D eigenvalue weighted by Crippen LogP contribution is -2.50. The van der Waals surface area contributed by atoms with Crippen LogP contribution in [0.2, 0.25) is 0 Å². The second-order valence-corrected chi connectivity index (χ2v) is 6.22. The van der Waals surface area contributed by atoms with Crippen LogP contribution in [0.25, 0.3) is 0 Å². The largest absolute Gasteiger partial charge is 0.378 e. The second kappa shape index (κ2) is 7.64. The van der Waals surface area contributed by atoms with Gasteiger partial charge in [-0.05, 0) is 13.3 Å². The number of nitrogens with one attached hydrogen (secondary N) is 2. The summed E-state index contributed by atoms with van der Waals surface area (Å²) in [7, 11) is 0. The quantitative estimate of drug-likeness (QED) is 0.707. The lowest BCUT2D eigenvalue weighted by molar-refractivity contribution is -0.138. The van der Waals surface area contributed by atoms with E-state index in [4.69, 9.17) is 4.74 Å². The SMILES string of the molecule is Cc1nc(N2CCOCC2)[nH]c(=O)c1CCC(=O)N1CCNC(=O)C1. The second-order valence-electron chi connectivity index (χ2n) is 6.22. The van der Waals surface area contributed by atoms with Gasteiger partial charge in [0.2, 0.25) is 17.8 Å². The van der Waals surface area contributed by atoms with Gasteiger partial charge >= 0.3 is 0 Å². The minimum atomic E-state index is -0.210. The Bertz CT molecular complexity index is 711. The molecule has 0 aliphatic carbocycles. The van der Waals surface area contributed by atoms with Crippen molar-refractivity contribution in [3.63, 3.8) is 0 Å².